The first-order valence-electron chi connectivity index (χ1n) is 13.7. The molecule has 0 aliphatic rings. The van der Waals surface area contributed by atoms with E-state index in [0.717, 1.165) is 26.2 Å². The van der Waals surface area contributed by atoms with E-state index in [0.29, 0.717) is 54.7 Å². The van der Waals surface area contributed by atoms with Crippen LogP contribution in [-0.4, -0.2) is 99.1 Å². The summed E-state index contributed by atoms with van der Waals surface area (Å²) in [5.74, 6) is -0.442. The van der Waals surface area contributed by atoms with Crippen LogP contribution < -0.4 is 25.4 Å². The summed E-state index contributed by atoms with van der Waals surface area (Å²) >= 11 is 0. The molecule has 0 radical (unpaired) electrons. The third kappa shape index (κ3) is 9.73. The van der Waals surface area contributed by atoms with Crippen LogP contribution >= 0.6 is 0 Å². The minimum atomic E-state index is -0.742. The molecule has 0 aliphatic carbocycles. The summed E-state index contributed by atoms with van der Waals surface area (Å²) in [6.45, 7) is 14.0. The highest BCUT2D eigenvalue weighted by molar-refractivity contribution is 6.39. The first-order chi connectivity index (χ1) is 19.3. The molecule has 0 aromatic heterocycles. The second-order valence-corrected chi connectivity index (χ2v) is 8.99. The van der Waals surface area contributed by atoms with E-state index in [2.05, 4.69) is 53.4 Å². The average Bonchev–Trinajstić information content (AvgIpc) is 2.97. The van der Waals surface area contributed by atoms with E-state index >= 15 is 0 Å². The van der Waals surface area contributed by atoms with E-state index in [9.17, 15) is 14.4 Å². The number of carbonyl (C=O) groups is 3. The largest absolute Gasteiger partial charge is 0.495 e. The summed E-state index contributed by atoms with van der Waals surface area (Å²) < 4.78 is 10.6. The quantitative estimate of drug-likeness (QED) is 0.286. The number of hydrogen-bond acceptors (Lipinski definition) is 7. The number of carbonyl (C=O) groups excluding carboxylic acids is 3. The van der Waals surface area contributed by atoms with Gasteiger partial charge in [0, 0.05) is 31.9 Å². The van der Waals surface area contributed by atoms with Gasteiger partial charge in [0.05, 0.1) is 25.6 Å². The summed E-state index contributed by atoms with van der Waals surface area (Å²) in [6.07, 6.45) is 0. The van der Waals surface area contributed by atoms with Gasteiger partial charge in [-0.2, -0.15) is 0 Å². The lowest BCUT2D eigenvalue weighted by Crippen LogP contribution is -2.46. The second kappa shape index (κ2) is 17.0. The van der Waals surface area contributed by atoms with Crippen molar-refractivity contribution in [2.45, 2.75) is 27.7 Å². The fourth-order valence-electron chi connectivity index (χ4n) is 4.15. The van der Waals surface area contributed by atoms with E-state index in [4.69, 9.17) is 9.47 Å². The molecule has 40 heavy (non-hydrogen) atoms. The SMILES string of the molecule is CCN(CC)CCN(CCN(CC)CC)C(=O)C(=O)Nc1ccc(OC)c(NC(=O)Nc2ccccc2OC)c1. The van der Waals surface area contributed by atoms with E-state index in [1.54, 1.807) is 47.4 Å². The molecule has 0 heterocycles. The van der Waals surface area contributed by atoms with Gasteiger partial charge in [-0.3, -0.25) is 9.59 Å². The van der Waals surface area contributed by atoms with Gasteiger partial charge >= 0.3 is 17.8 Å². The van der Waals surface area contributed by atoms with Gasteiger partial charge in [-0.15, -0.1) is 0 Å². The topological polar surface area (TPSA) is 115 Å². The van der Waals surface area contributed by atoms with Crippen LogP contribution in [0.5, 0.6) is 11.5 Å². The Hall–Kier alpha value is -3.83. The van der Waals surface area contributed by atoms with Gasteiger partial charge in [-0.25, -0.2) is 4.79 Å². The van der Waals surface area contributed by atoms with Gasteiger partial charge in [0.25, 0.3) is 0 Å². The Morgan fingerprint density at radius 3 is 1.75 bits per heavy atom. The number of urea groups is 1. The molecule has 0 fully saturated rings. The van der Waals surface area contributed by atoms with Crippen LogP contribution in [0, 0.1) is 0 Å². The Labute approximate surface area is 237 Å². The van der Waals surface area contributed by atoms with Crippen LogP contribution in [0.25, 0.3) is 0 Å². The molecule has 0 saturated heterocycles. The van der Waals surface area contributed by atoms with E-state index in [-0.39, 0.29) is 0 Å². The number of benzene rings is 2. The summed E-state index contributed by atoms with van der Waals surface area (Å²) in [7, 11) is 2.99. The molecule has 4 amide bonds. The second-order valence-electron chi connectivity index (χ2n) is 8.99. The Kier molecular flexibility index (Phi) is 13.8. The Morgan fingerprint density at radius 2 is 1.20 bits per heavy atom. The molecule has 0 aliphatic heterocycles. The van der Waals surface area contributed by atoms with E-state index in [1.807, 2.05) is 0 Å². The molecular formula is C29H44N6O5. The molecule has 0 bridgehead atoms. The van der Waals surface area contributed by atoms with Gasteiger partial charge < -0.3 is 40.1 Å². The third-order valence-electron chi connectivity index (χ3n) is 6.70. The zero-order chi connectivity index (χ0) is 29.5. The van der Waals surface area contributed by atoms with Crippen molar-refractivity contribution in [2.24, 2.45) is 0 Å². The number of hydrogen-bond donors (Lipinski definition) is 3. The lowest BCUT2D eigenvalue weighted by Gasteiger charge is -2.28. The third-order valence-corrected chi connectivity index (χ3v) is 6.70. The highest BCUT2D eigenvalue weighted by atomic mass is 16.5. The number of ether oxygens (including phenoxy) is 2. The van der Waals surface area contributed by atoms with Crippen LogP contribution in [0.4, 0.5) is 21.9 Å². The van der Waals surface area contributed by atoms with E-state index < -0.39 is 17.8 Å². The van der Waals surface area contributed by atoms with Crippen molar-refractivity contribution in [1.29, 1.82) is 0 Å². The van der Waals surface area contributed by atoms with Crippen molar-refractivity contribution >= 4 is 34.9 Å². The zero-order valence-electron chi connectivity index (χ0n) is 24.6. The molecular weight excluding hydrogens is 512 g/mol. The Morgan fingerprint density at radius 1 is 0.675 bits per heavy atom. The van der Waals surface area contributed by atoms with Crippen molar-refractivity contribution in [2.75, 3.05) is 82.5 Å². The number of nitrogens with zero attached hydrogens (tertiary/aromatic N) is 3. The van der Waals surface area contributed by atoms with Gasteiger partial charge in [0.15, 0.2) is 0 Å². The number of rotatable bonds is 15. The summed E-state index contributed by atoms with van der Waals surface area (Å²) in [5, 5.41) is 8.14. The molecule has 11 heteroatoms. The molecule has 0 spiro atoms. The number of nitrogens with one attached hydrogen (secondary N) is 3. The summed E-state index contributed by atoms with van der Waals surface area (Å²) in [4.78, 5) is 45.0. The zero-order valence-corrected chi connectivity index (χ0v) is 24.6. The predicted molar refractivity (Wildman–Crippen MR) is 159 cm³/mol. The number of anilines is 3. The lowest BCUT2D eigenvalue weighted by molar-refractivity contribution is -0.143. The maximum atomic E-state index is 13.2. The minimum Gasteiger partial charge on any atom is -0.495 e. The van der Waals surface area contributed by atoms with Gasteiger partial charge in [0.1, 0.15) is 11.5 Å². The average molecular weight is 557 g/mol. The van der Waals surface area contributed by atoms with Gasteiger partial charge in [-0.1, -0.05) is 39.8 Å². The van der Waals surface area contributed by atoms with Crippen LogP contribution in [0.15, 0.2) is 42.5 Å². The van der Waals surface area contributed by atoms with Gasteiger partial charge in [-0.05, 0) is 56.5 Å². The molecule has 220 valence electrons. The minimum absolute atomic E-state index is 0.320. The van der Waals surface area contributed by atoms with E-state index in [1.165, 1.54) is 14.2 Å². The number of amides is 4. The van der Waals surface area contributed by atoms with Crippen molar-refractivity contribution in [3.8, 4) is 11.5 Å². The number of likely N-dealkylation sites (N-methyl/N-ethyl adjacent to an activating group) is 2. The number of para-hydroxylation sites is 2. The number of methoxy groups -OCH3 is 2. The fraction of sp³-hybridized carbons (Fsp3) is 0.483. The van der Waals surface area contributed by atoms with Crippen LogP contribution in [0.2, 0.25) is 0 Å². The molecule has 2 aromatic rings. The van der Waals surface area contributed by atoms with Gasteiger partial charge in [0.2, 0.25) is 0 Å². The molecule has 0 saturated carbocycles. The summed E-state index contributed by atoms with van der Waals surface area (Å²) in [5.41, 5.74) is 1.16. The standard InChI is InChI=1S/C29H44N6O5/c1-7-33(8-2)17-19-35(20-18-34(9-3)10-4)28(37)27(36)30-22-15-16-26(40-6)24(21-22)32-29(38)31-23-13-11-12-14-25(23)39-5/h11-16,21H,7-10,17-20H2,1-6H3,(H,30,36)(H2,31,32,38). The predicted octanol–water partition coefficient (Wildman–Crippen LogP) is 3.80. The Bertz CT molecular complexity index is 1090. The molecule has 2 rings (SSSR count). The first kappa shape index (κ1) is 32.4. The highest BCUT2D eigenvalue weighted by Gasteiger charge is 2.23. The van der Waals surface area contributed by atoms with Crippen molar-refractivity contribution in [3.63, 3.8) is 0 Å². The van der Waals surface area contributed by atoms with Crippen molar-refractivity contribution in [1.82, 2.24) is 14.7 Å². The highest BCUT2D eigenvalue weighted by Crippen LogP contribution is 2.29. The molecule has 3 N–H and O–H groups in total. The molecule has 2 aromatic carbocycles. The molecule has 11 nitrogen and oxygen atoms in total. The maximum Gasteiger partial charge on any atom is 0.323 e. The normalized spacial score (nSPS) is 10.8. The first-order valence-corrected chi connectivity index (χ1v) is 13.7. The van der Waals surface area contributed by atoms with Crippen LogP contribution in [0.1, 0.15) is 27.7 Å². The maximum absolute atomic E-state index is 13.2. The fourth-order valence-corrected chi connectivity index (χ4v) is 4.15. The summed E-state index contributed by atoms with van der Waals surface area (Å²) in [6, 6.07) is 11.3. The van der Waals surface area contributed by atoms with Crippen LogP contribution in [-0.2, 0) is 9.59 Å². The van der Waals surface area contributed by atoms with Crippen molar-refractivity contribution in [3.05, 3.63) is 42.5 Å². The molecule has 0 atom stereocenters. The smallest absolute Gasteiger partial charge is 0.323 e. The lowest BCUT2D eigenvalue weighted by atomic mass is 10.2. The van der Waals surface area contributed by atoms with Crippen LogP contribution in [0.3, 0.4) is 0 Å². The monoisotopic (exact) mass is 556 g/mol. The Balaban J connectivity index is 2.15. The molecule has 0 unspecified atom stereocenters. The van der Waals surface area contributed by atoms with Crippen molar-refractivity contribution < 1.29 is 23.9 Å².